The number of aldehydes is 1. The molecule has 0 N–H and O–H groups in total. The van der Waals surface area contributed by atoms with Crippen molar-refractivity contribution in [2.75, 3.05) is 6.61 Å². The molecule has 0 aromatic carbocycles. The number of ether oxygens (including phenoxy) is 2. The second-order valence-corrected chi connectivity index (χ2v) is 5.40. The van der Waals surface area contributed by atoms with Crippen LogP contribution in [0.5, 0.6) is 0 Å². The van der Waals surface area contributed by atoms with Gasteiger partial charge in [0.05, 0.1) is 18.8 Å². The van der Waals surface area contributed by atoms with Crippen LogP contribution in [-0.4, -0.2) is 31.1 Å². The van der Waals surface area contributed by atoms with Crippen LogP contribution in [0.1, 0.15) is 46.0 Å². The molecule has 0 spiro atoms. The highest BCUT2D eigenvalue weighted by molar-refractivity contribution is 5.92. The van der Waals surface area contributed by atoms with E-state index >= 15 is 0 Å². The maximum atomic E-state index is 12.0. The number of rotatable bonds is 5. The summed E-state index contributed by atoms with van der Waals surface area (Å²) in [5, 5.41) is 0. The summed E-state index contributed by atoms with van der Waals surface area (Å²) in [7, 11) is 0. The topological polar surface area (TPSA) is 52.6 Å². The first-order chi connectivity index (χ1) is 9.15. The Morgan fingerprint density at radius 3 is 2.74 bits per heavy atom. The van der Waals surface area contributed by atoms with E-state index in [9.17, 15) is 9.59 Å². The molecule has 1 saturated heterocycles. The fraction of sp³-hybridized carbons (Fsp3) is 0.733. The molecule has 4 heteroatoms. The molecule has 1 aliphatic heterocycles. The average molecular weight is 266 g/mol. The summed E-state index contributed by atoms with van der Waals surface area (Å²) in [6, 6.07) is 0. The van der Waals surface area contributed by atoms with Gasteiger partial charge in [0.25, 0.3) is 0 Å². The first-order valence-electron chi connectivity index (χ1n) is 7.12. The first-order valence-corrected chi connectivity index (χ1v) is 7.12. The zero-order chi connectivity index (χ0) is 13.8. The second kappa shape index (κ2) is 6.33. The molecular weight excluding hydrogens is 244 g/mol. The summed E-state index contributed by atoms with van der Waals surface area (Å²) in [6.45, 7) is 4.14. The van der Waals surface area contributed by atoms with Gasteiger partial charge in [0.15, 0.2) is 0 Å². The molecule has 1 aliphatic carbocycles. The monoisotopic (exact) mass is 266 g/mol. The maximum Gasteiger partial charge on any atom is 0.334 e. The Kier molecular flexibility index (Phi) is 4.75. The van der Waals surface area contributed by atoms with E-state index < -0.39 is 0 Å². The summed E-state index contributed by atoms with van der Waals surface area (Å²) in [5.41, 5.74) is 1.61. The van der Waals surface area contributed by atoms with Crippen molar-refractivity contribution < 1.29 is 19.1 Å². The largest absolute Gasteiger partial charge is 0.463 e. The Bertz CT molecular complexity index is 382. The Hall–Kier alpha value is -1.16. The highest BCUT2D eigenvalue weighted by Gasteiger charge is 2.37. The van der Waals surface area contributed by atoms with Crippen molar-refractivity contribution in [2.24, 2.45) is 5.92 Å². The fourth-order valence-electron chi connectivity index (χ4n) is 2.73. The van der Waals surface area contributed by atoms with Gasteiger partial charge in [0, 0.05) is 12.0 Å². The lowest BCUT2D eigenvalue weighted by atomic mass is 9.90. The third-order valence-electron chi connectivity index (χ3n) is 3.77. The van der Waals surface area contributed by atoms with Crippen LogP contribution in [0.25, 0.3) is 0 Å². The van der Waals surface area contributed by atoms with Gasteiger partial charge in [-0.05, 0) is 45.4 Å². The van der Waals surface area contributed by atoms with Crippen molar-refractivity contribution in [3.63, 3.8) is 0 Å². The molecule has 0 aromatic rings. The second-order valence-electron chi connectivity index (χ2n) is 5.40. The standard InChI is InChI=1S/C15H22O4/c1-3-18-15(17)13(6-7-16)12-8-10(2)19-14(9-12)11-4-5-11/h7,10-11,14H,3-6,8-9H2,1-2H3/b13-12-/t10-,14+/m0/s1. The quantitative estimate of drug-likeness (QED) is 0.435. The van der Waals surface area contributed by atoms with Crippen LogP contribution in [0, 0.1) is 5.92 Å². The Morgan fingerprint density at radius 1 is 1.42 bits per heavy atom. The third kappa shape index (κ3) is 3.66. The van der Waals surface area contributed by atoms with Gasteiger partial charge in [0.2, 0.25) is 0 Å². The highest BCUT2D eigenvalue weighted by Crippen LogP contribution is 2.41. The van der Waals surface area contributed by atoms with Gasteiger partial charge in [0.1, 0.15) is 6.29 Å². The van der Waals surface area contributed by atoms with Crippen LogP contribution in [0.3, 0.4) is 0 Å². The molecule has 0 unspecified atom stereocenters. The van der Waals surface area contributed by atoms with Gasteiger partial charge in [-0.1, -0.05) is 5.57 Å². The molecule has 0 aromatic heterocycles. The summed E-state index contributed by atoms with van der Waals surface area (Å²) in [5.74, 6) is 0.297. The van der Waals surface area contributed by atoms with Crippen LogP contribution in [0.4, 0.5) is 0 Å². The lowest BCUT2D eigenvalue weighted by molar-refractivity contribution is -0.139. The van der Waals surface area contributed by atoms with Crippen molar-refractivity contribution in [3.8, 4) is 0 Å². The SMILES string of the molecule is CCOC(=O)/C(CC=O)=C1/C[C@H](C)O[C@@H](C2CC2)C1. The summed E-state index contributed by atoms with van der Waals surface area (Å²) < 4.78 is 11.0. The van der Waals surface area contributed by atoms with Gasteiger partial charge >= 0.3 is 5.97 Å². The highest BCUT2D eigenvalue weighted by atomic mass is 16.5. The molecule has 2 rings (SSSR count). The zero-order valence-electron chi connectivity index (χ0n) is 11.7. The molecule has 106 valence electrons. The maximum absolute atomic E-state index is 12.0. The van der Waals surface area contributed by atoms with Crippen molar-refractivity contribution in [2.45, 2.75) is 58.2 Å². The van der Waals surface area contributed by atoms with Crippen LogP contribution in [0.15, 0.2) is 11.1 Å². The van der Waals surface area contributed by atoms with Gasteiger partial charge < -0.3 is 14.3 Å². The molecule has 2 aliphatic rings. The lowest BCUT2D eigenvalue weighted by Gasteiger charge is -2.31. The molecule has 19 heavy (non-hydrogen) atoms. The van der Waals surface area contributed by atoms with E-state index in [0.29, 0.717) is 18.1 Å². The predicted molar refractivity (Wildman–Crippen MR) is 70.6 cm³/mol. The fourth-order valence-corrected chi connectivity index (χ4v) is 2.73. The van der Waals surface area contributed by atoms with Crippen molar-refractivity contribution >= 4 is 12.3 Å². The molecule has 0 radical (unpaired) electrons. The van der Waals surface area contributed by atoms with Gasteiger partial charge in [-0.15, -0.1) is 0 Å². The minimum Gasteiger partial charge on any atom is -0.463 e. The Morgan fingerprint density at radius 2 is 2.16 bits per heavy atom. The molecule has 2 fully saturated rings. The minimum absolute atomic E-state index is 0.116. The van der Waals surface area contributed by atoms with E-state index in [2.05, 4.69) is 0 Å². The Balaban J connectivity index is 2.17. The summed E-state index contributed by atoms with van der Waals surface area (Å²) in [6.07, 6.45) is 5.20. The predicted octanol–water partition coefficient (Wildman–Crippen LogP) is 2.41. The lowest BCUT2D eigenvalue weighted by Crippen LogP contribution is -2.30. The molecule has 0 bridgehead atoms. The van der Waals surface area contributed by atoms with Crippen LogP contribution >= 0.6 is 0 Å². The number of esters is 1. The third-order valence-corrected chi connectivity index (χ3v) is 3.77. The number of hydrogen-bond donors (Lipinski definition) is 0. The molecule has 1 saturated carbocycles. The van der Waals surface area contributed by atoms with E-state index in [1.54, 1.807) is 6.92 Å². The smallest absolute Gasteiger partial charge is 0.334 e. The number of carbonyl (C=O) groups is 2. The van der Waals surface area contributed by atoms with Gasteiger partial charge in [-0.25, -0.2) is 4.79 Å². The normalized spacial score (nSPS) is 29.8. The van der Waals surface area contributed by atoms with Crippen molar-refractivity contribution in [3.05, 3.63) is 11.1 Å². The number of carbonyl (C=O) groups excluding carboxylic acids is 2. The van der Waals surface area contributed by atoms with Crippen LogP contribution < -0.4 is 0 Å². The van der Waals surface area contributed by atoms with E-state index in [0.717, 1.165) is 24.7 Å². The van der Waals surface area contributed by atoms with Gasteiger partial charge in [-0.2, -0.15) is 0 Å². The van der Waals surface area contributed by atoms with Crippen LogP contribution in [-0.2, 0) is 19.1 Å². The number of hydrogen-bond acceptors (Lipinski definition) is 4. The van der Waals surface area contributed by atoms with Gasteiger partial charge in [-0.3, -0.25) is 0 Å². The average Bonchev–Trinajstić information content (AvgIpc) is 3.19. The summed E-state index contributed by atoms with van der Waals surface area (Å²) in [4.78, 5) is 22.8. The Labute approximate surface area is 114 Å². The van der Waals surface area contributed by atoms with E-state index in [1.807, 2.05) is 6.92 Å². The first kappa shape index (κ1) is 14.3. The molecule has 2 atom stereocenters. The summed E-state index contributed by atoms with van der Waals surface area (Å²) >= 11 is 0. The minimum atomic E-state index is -0.340. The van der Waals surface area contributed by atoms with E-state index in [-0.39, 0.29) is 24.6 Å². The van der Waals surface area contributed by atoms with E-state index in [1.165, 1.54) is 12.8 Å². The molecular formula is C15H22O4. The molecule has 0 amide bonds. The van der Waals surface area contributed by atoms with Crippen molar-refractivity contribution in [1.82, 2.24) is 0 Å². The zero-order valence-corrected chi connectivity index (χ0v) is 11.7. The van der Waals surface area contributed by atoms with E-state index in [4.69, 9.17) is 9.47 Å². The van der Waals surface area contributed by atoms with Crippen LogP contribution in [0.2, 0.25) is 0 Å². The van der Waals surface area contributed by atoms with Crippen molar-refractivity contribution in [1.29, 1.82) is 0 Å². The molecule has 1 heterocycles. The molecule has 4 nitrogen and oxygen atoms in total.